The van der Waals surface area contributed by atoms with Crippen molar-refractivity contribution in [2.75, 3.05) is 6.61 Å². The summed E-state index contributed by atoms with van der Waals surface area (Å²) < 4.78 is 0. The van der Waals surface area contributed by atoms with Crippen molar-refractivity contribution in [2.24, 2.45) is 11.8 Å². The number of hydrogen-bond acceptors (Lipinski definition) is 2. The first-order valence-corrected chi connectivity index (χ1v) is 5.16. The lowest BCUT2D eigenvalue weighted by atomic mass is 9.76. The van der Waals surface area contributed by atoms with Crippen LogP contribution in [0, 0.1) is 11.8 Å². The molecule has 0 aromatic carbocycles. The minimum atomic E-state index is 0.372. The number of fused-ring (bicyclic) bond motifs is 2. The number of nitrogens with one attached hydrogen (secondary N) is 1. The fraction of sp³-hybridized carbons (Fsp3) is 1.00. The van der Waals surface area contributed by atoms with Gasteiger partial charge in [0.1, 0.15) is 0 Å². The molecular weight excluding hydrogens is 150 g/mol. The molecule has 2 fully saturated rings. The van der Waals surface area contributed by atoms with E-state index in [-0.39, 0.29) is 0 Å². The van der Waals surface area contributed by atoms with E-state index < -0.39 is 0 Å². The number of piperidine rings is 2. The van der Waals surface area contributed by atoms with E-state index in [1.54, 1.807) is 0 Å². The van der Waals surface area contributed by atoms with Gasteiger partial charge in [0.05, 0.1) is 0 Å². The SMILES string of the molecule is CC1CC2CCC(CO)C(C1)N2. The summed E-state index contributed by atoms with van der Waals surface area (Å²) in [5.41, 5.74) is 0. The molecule has 0 saturated carbocycles. The Balaban J connectivity index is 2.00. The molecule has 2 N–H and O–H groups in total. The van der Waals surface area contributed by atoms with E-state index in [9.17, 15) is 0 Å². The van der Waals surface area contributed by atoms with E-state index in [0.29, 0.717) is 18.6 Å². The van der Waals surface area contributed by atoms with Crippen molar-refractivity contribution in [1.82, 2.24) is 5.32 Å². The maximum absolute atomic E-state index is 9.15. The Kier molecular flexibility index (Phi) is 2.37. The normalized spacial score (nSPS) is 47.5. The fourth-order valence-electron chi connectivity index (χ4n) is 2.82. The summed E-state index contributed by atoms with van der Waals surface area (Å²) >= 11 is 0. The summed E-state index contributed by atoms with van der Waals surface area (Å²) in [6.45, 7) is 2.71. The Hall–Kier alpha value is -0.0800. The zero-order valence-corrected chi connectivity index (χ0v) is 7.79. The highest BCUT2D eigenvalue weighted by Gasteiger charge is 2.34. The minimum absolute atomic E-state index is 0.372. The molecule has 2 aliphatic heterocycles. The van der Waals surface area contributed by atoms with E-state index in [0.717, 1.165) is 12.0 Å². The fourth-order valence-corrected chi connectivity index (χ4v) is 2.82. The Morgan fingerprint density at radius 1 is 1.33 bits per heavy atom. The van der Waals surface area contributed by atoms with Gasteiger partial charge in [-0.15, -0.1) is 0 Å². The van der Waals surface area contributed by atoms with Gasteiger partial charge in [-0.2, -0.15) is 0 Å². The van der Waals surface area contributed by atoms with E-state index in [4.69, 9.17) is 5.11 Å². The van der Waals surface area contributed by atoms with Gasteiger partial charge in [0, 0.05) is 18.7 Å². The zero-order chi connectivity index (χ0) is 8.55. The largest absolute Gasteiger partial charge is 0.396 e. The van der Waals surface area contributed by atoms with Crippen LogP contribution >= 0.6 is 0 Å². The first-order valence-electron chi connectivity index (χ1n) is 5.16. The topological polar surface area (TPSA) is 32.3 Å². The van der Waals surface area contributed by atoms with E-state index in [1.165, 1.54) is 25.7 Å². The van der Waals surface area contributed by atoms with Gasteiger partial charge in [-0.3, -0.25) is 0 Å². The second-order valence-electron chi connectivity index (χ2n) is 4.57. The molecule has 12 heavy (non-hydrogen) atoms. The smallest absolute Gasteiger partial charge is 0.0474 e. The van der Waals surface area contributed by atoms with Crippen LogP contribution in [-0.2, 0) is 0 Å². The van der Waals surface area contributed by atoms with Crippen LogP contribution in [0.15, 0.2) is 0 Å². The Morgan fingerprint density at radius 3 is 2.92 bits per heavy atom. The van der Waals surface area contributed by atoms with Crippen molar-refractivity contribution in [2.45, 2.75) is 44.7 Å². The molecule has 4 unspecified atom stereocenters. The highest BCUT2D eigenvalue weighted by molar-refractivity contribution is 4.92. The van der Waals surface area contributed by atoms with Gasteiger partial charge in [-0.05, 0) is 37.5 Å². The molecule has 0 aromatic rings. The Bertz CT molecular complexity index is 158. The summed E-state index contributed by atoms with van der Waals surface area (Å²) in [6.07, 6.45) is 5.11. The third kappa shape index (κ3) is 1.50. The molecule has 0 amide bonds. The first kappa shape index (κ1) is 8.52. The summed E-state index contributed by atoms with van der Waals surface area (Å²) in [7, 11) is 0. The lowest BCUT2D eigenvalue weighted by molar-refractivity contribution is 0.0918. The molecule has 2 heterocycles. The van der Waals surface area contributed by atoms with Gasteiger partial charge < -0.3 is 10.4 Å². The number of hydrogen-bond donors (Lipinski definition) is 2. The number of aliphatic hydroxyl groups excluding tert-OH is 1. The van der Waals surface area contributed by atoms with Crippen molar-refractivity contribution in [3.8, 4) is 0 Å². The van der Waals surface area contributed by atoms with E-state index in [1.807, 2.05) is 0 Å². The van der Waals surface area contributed by atoms with Crippen LogP contribution in [0.5, 0.6) is 0 Å². The monoisotopic (exact) mass is 169 g/mol. The minimum Gasteiger partial charge on any atom is -0.396 e. The van der Waals surface area contributed by atoms with Crippen molar-refractivity contribution < 1.29 is 5.11 Å². The molecule has 4 atom stereocenters. The van der Waals surface area contributed by atoms with Gasteiger partial charge in [-0.1, -0.05) is 6.92 Å². The van der Waals surface area contributed by atoms with Crippen molar-refractivity contribution in [3.05, 3.63) is 0 Å². The van der Waals surface area contributed by atoms with Crippen LogP contribution in [0.4, 0.5) is 0 Å². The third-order valence-corrected chi connectivity index (χ3v) is 3.48. The predicted molar refractivity (Wildman–Crippen MR) is 48.9 cm³/mol. The summed E-state index contributed by atoms with van der Waals surface area (Å²) in [5, 5.41) is 12.8. The molecule has 2 nitrogen and oxygen atoms in total. The molecule has 2 aliphatic rings. The second-order valence-corrected chi connectivity index (χ2v) is 4.57. The molecule has 0 aromatic heterocycles. The zero-order valence-electron chi connectivity index (χ0n) is 7.79. The Morgan fingerprint density at radius 2 is 2.17 bits per heavy atom. The van der Waals surface area contributed by atoms with Crippen LogP contribution in [0.3, 0.4) is 0 Å². The quantitative estimate of drug-likeness (QED) is 0.617. The standard InChI is InChI=1S/C10H19NO/c1-7-4-9-3-2-8(6-12)10(5-7)11-9/h7-12H,2-6H2,1H3. The van der Waals surface area contributed by atoms with Crippen LogP contribution < -0.4 is 5.32 Å². The number of aliphatic hydroxyl groups is 1. The molecule has 0 aliphatic carbocycles. The molecule has 2 saturated heterocycles. The van der Waals surface area contributed by atoms with Crippen molar-refractivity contribution >= 4 is 0 Å². The van der Waals surface area contributed by atoms with Crippen LogP contribution in [-0.4, -0.2) is 23.8 Å². The van der Waals surface area contributed by atoms with Crippen molar-refractivity contribution in [3.63, 3.8) is 0 Å². The van der Waals surface area contributed by atoms with Gasteiger partial charge >= 0.3 is 0 Å². The predicted octanol–water partition coefficient (Wildman–Crippen LogP) is 1.15. The van der Waals surface area contributed by atoms with Crippen LogP contribution in [0.25, 0.3) is 0 Å². The van der Waals surface area contributed by atoms with Gasteiger partial charge in [0.2, 0.25) is 0 Å². The summed E-state index contributed by atoms with van der Waals surface area (Å²) in [4.78, 5) is 0. The van der Waals surface area contributed by atoms with Gasteiger partial charge in [0.25, 0.3) is 0 Å². The second kappa shape index (κ2) is 3.35. The maximum Gasteiger partial charge on any atom is 0.0474 e. The molecule has 0 radical (unpaired) electrons. The average molecular weight is 169 g/mol. The van der Waals surface area contributed by atoms with Crippen LogP contribution in [0.1, 0.15) is 32.6 Å². The number of rotatable bonds is 1. The van der Waals surface area contributed by atoms with Crippen molar-refractivity contribution in [1.29, 1.82) is 0 Å². The molecule has 0 spiro atoms. The molecule has 2 heteroatoms. The lowest BCUT2D eigenvalue weighted by Gasteiger charge is -2.43. The van der Waals surface area contributed by atoms with Gasteiger partial charge in [-0.25, -0.2) is 0 Å². The molecule has 2 rings (SSSR count). The first-order chi connectivity index (χ1) is 5.79. The van der Waals surface area contributed by atoms with E-state index >= 15 is 0 Å². The molecular formula is C10H19NO. The highest BCUT2D eigenvalue weighted by Crippen LogP contribution is 2.32. The van der Waals surface area contributed by atoms with Gasteiger partial charge in [0.15, 0.2) is 0 Å². The molecule has 70 valence electrons. The van der Waals surface area contributed by atoms with E-state index in [2.05, 4.69) is 12.2 Å². The average Bonchev–Trinajstić information content (AvgIpc) is 2.04. The maximum atomic E-state index is 9.15. The summed E-state index contributed by atoms with van der Waals surface area (Å²) in [5.74, 6) is 1.39. The molecule has 2 bridgehead atoms. The lowest BCUT2D eigenvalue weighted by Crippen LogP contribution is -2.53. The van der Waals surface area contributed by atoms with Crippen LogP contribution in [0.2, 0.25) is 0 Å². The summed E-state index contributed by atoms with van der Waals surface area (Å²) in [6, 6.07) is 1.36. The Labute approximate surface area is 74.4 Å². The highest BCUT2D eigenvalue weighted by atomic mass is 16.3. The third-order valence-electron chi connectivity index (χ3n) is 3.48.